The number of hydrogen-bond donors (Lipinski definition) is 1. The van der Waals surface area contributed by atoms with Crippen LogP contribution in [0.3, 0.4) is 0 Å². The first-order chi connectivity index (χ1) is 14.8. The van der Waals surface area contributed by atoms with E-state index in [2.05, 4.69) is 43.0 Å². The molecule has 1 saturated heterocycles. The van der Waals surface area contributed by atoms with Crippen molar-refractivity contribution in [1.29, 1.82) is 0 Å². The predicted octanol–water partition coefficient (Wildman–Crippen LogP) is 4.01. The van der Waals surface area contributed by atoms with Crippen LogP contribution in [0.4, 0.5) is 5.82 Å². The molecular formula is C23H23N5OS. The summed E-state index contributed by atoms with van der Waals surface area (Å²) < 4.78 is 2.08. The zero-order valence-electron chi connectivity index (χ0n) is 16.6. The molecular weight excluding hydrogens is 394 g/mol. The fraction of sp³-hybridized carbons (Fsp3) is 0.261. The zero-order valence-corrected chi connectivity index (χ0v) is 17.4. The fourth-order valence-corrected chi connectivity index (χ4v) is 4.70. The lowest BCUT2D eigenvalue weighted by Gasteiger charge is -2.33. The minimum atomic E-state index is -0.0236. The Bertz CT molecular complexity index is 1150. The number of amides is 1. The first-order valence-electron chi connectivity index (χ1n) is 10.2. The van der Waals surface area contributed by atoms with Crippen LogP contribution in [0.15, 0.2) is 66.4 Å². The van der Waals surface area contributed by atoms with Crippen LogP contribution >= 0.6 is 11.3 Å². The Kier molecular flexibility index (Phi) is 5.19. The monoisotopic (exact) mass is 417 g/mol. The van der Waals surface area contributed by atoms with Crippen molar-refractivity contribution in [2.45, 2.75) is 19.4 Å². The molecule has 1 fully saturated rings. The summed E-state index contributed by atoms with van der Waals surface area (Å²) >= 11 is 1.67. The molecule has 1 amide bonds. The molecule has 1 aliphatic rings. The second kappa shape index (κ2) is 8.28. The lowest BCUT2D eigenvalue weighted by Crippen LogP contribution is -2.43. The Balaban J connectivity index is 1.32. The highest BCUT2D eigenvalue weighted by Crippen LogP contribution is 2.25. The number of fused-ring (bicyclic) bond motifs is 1. The number of aromatic nitrogens is 3. The maximum atomic E-state index is 12.7. The van der Waals surface area contributed by atoms with Crippen molar-refractivity contribution in [3.8, 4) is 5.82 Å². The van der Waals surface area contributed by atoms with Gasteiger partial charge in [0.15, 0.2) is 0 Å². The third-order valence-corrected chi connectivity index (χ3v) is 6.49. The van der Waals surface area contributed by atoms with Gasteiger partial charge in [-0.3, -0.25) is 4.79 Å². The molecule has 0 unspecified atom stereocenters. The van der Waals surface area contributed by atoms with E-state index in [1.54, 1.807) is 17.7 Å². The van der Waals surface area contributed by atoms with E-state index in [9.17, 15) is 4.79 Å². The minimum absolute atomic E-state index is 0.0236. The largest absolute Gasteiger partial charge is 0.356 e. The highest BCUT2D eigenvalue weighted by atomic mass is 32.1. The molecule has 30 heavy (non-hydrogen) atoms. The van der Waals surface area contributed by atoms with Gasteiger partial charge in [-0.2, -0.15) is 0 Å². The Morgan fingerprint density at radius 1 is 1.13 bits per heavy atom. The molecule has 0 radical (unpaired) electrons. The van der Waals surface area contributed by atoms with Crippen LogP contribution in [0.2, 0.25) is 0 Å². The van der Waals surface area contributed by atoms with Gasteiger partial charge in [-0.05, 0) is 41.8 Å². The maximum absolute atomic E-state index is 12.7. The number of carbonyl (C=O) groups excluding carboxylic acids is 1. The van der Waals surface area contributed by atoms with Crippen molar-refractivity contribution in [2.75, 3.05) is 18.0 Å². The molecule has 1 aromatic carbocycles. The Morgan fingerprint density at radius 2 is 2.03 bits per heavy atom. The lowest BCUT2D eigenvalue weighted by molar-refractivity contribution is -0.125. The highest BCUT2D eigenvalue weighted by Gasteiger charge is 2.26. The van der Waals surface area contributed by atoms with Crippen molar-refractivity contribution >= 4 is 34.0 Å². The molecule has 7 heteroatoms. The van der Waals surface area contributed by atoms with Crippen LogP contribution in [-0.4, -0.2) is 33.5 Å². The Hall–Kier alpha value is -3.19. The summed E-state index contributed by atoms with van der Waals surface area (Å²) in [4.78, 5) is 25.1. The zero-order chi connectivity index (χ0) is 20.3. The van der Waals surface area contributed by atoms with Crippen molar-refractivity contribution in [1.82, 2.24) is 19.9 Å². The fourth-order valence-electron chi connectivity index (χ4n) is 4.06. The average Bonchev–Trinajstić information content (AvgIpc) is 3.47. The highest BCUT2D eigenvalue weighted by molar-refractivity contribution is 7.09. The second-order valence-electron chi connectivity index (χ2n) is 7.56. The summed E-state index contributed by atoms with van der Waals surface area (Å²) in [5.41, 5.74) is 1.12. The summed E-state index contributed by atoms with van der Waals surface area (Å²) in [6, 6.07) is 16.4. The Morgan fingerprint density at radius 3 is 2.93 bits per heavy atom. The summed E-state index contributed by atoms with van der Waals surface area (Å²) in [6.45, 7) is 2.18. The smallest absolute Gasteiger partial charge is 0.225 e. The van der Waals surface area contributed by atoms with E-state index in [-0.39, 0.29) is 11.8 Å². The van der Waals surface area contributed by atoms with Gasteiger partial charge in [0, 0.05) is 30.2 Å². The van der Waals surface area contributed by atoms with E-state index in [1.807, 2.05) is 41.9 Å². The summed E-state index contributed by atoms with van der Waals surface area (Å²) in [5, 5.41) is 6.30. The van der Waals surface area contributed by atoms with Crippen LogP contribution < -0.4 is 10.2 Å². The minimum Gasteiger partial charge on any atom is -0.356 e. The van der Waals surface area contributed by atoms with Gasteiger partial charge in [0.1, 0.15) is 18.0 Å². The van der Waals surface area contributed by atoms with Crippen molar-refractivity contribution in [3.05, 3.63) is 71.3 Å². The van der Waals surface area contributed by atoms with E-state index in [4.69, 9.17) is 0 Å². The van der Waals surface area contributed by atoms with E-state index < -0.39 is 0 Å². The second-order valence-corrected chi connectivity index (χ2v) is 8.59. The molecule has 152 valence electrons. The normalized spacial score (nSPS) is 16.7. The molecule has 0 aliphatic carbocycles. The van der Waals surface area contributed by atoms with Crippen LogP contribution in [0.25, 0.3) is 16.7 Å². The van der Waals surface area contributed by atoms with Gasteiger partial charge in [0.2, 0.25) is 5.91 Å². The molecule has 1 aliphatic heterocycles. The predicted molar refractivity (Wildman–Crippen MR) is 120 cm³/mol. The van der Waals surface area contributed by atoms with Crippen LogP contribution in [-0.2, 0) is 11.3 Å². The van der Waals surface area contributed by atoms with Gasteiger partial charge in [-0.25, -0.2) is 9.97 Å². The van der Waals surface area contributed by atoms with Gasteiger partial charge in [0.05, 0.1) is 18.0 Å². The van der Waals surface area contributed by atoms with Gasteiger partial charge in [-0.15, -0.1) is 11.3 Å². The number of nitrogens with zero attached hydrogens (tertiary/aromatic N) is 4. The van der Waals surface area contributed by atoms with E-state index in [0.29, 0.717) is 13.1 Å². The number of hydrogen-bond acceptors (Lipinski definition) is 5. The third-order valence-electron chi connectivity index (χ3n) is 5.62. The molecule has 3 aromatic heterocycles. The van der Waals surface area contributed by atoms with Gasteiger partial charge in [0.25, 0.3) is 0 Å². The summed E-state index contributed by atoms with van der Waals surface area (Å²) in [6.07, 6.45) is 5.53. The van der Waals surface area contributed by atoms with E-state index in [1.165, 1.54) is 10.3 Å². The molecule has 0 spiro atoms. The SMILES string of the molecule is O=C(NCc1cccs1)[C@@H]1CCCN(c2cc(-n3ccc4ccccc43)ncn2)C1. The first kappa shape index (κ1) is 18.8. The standard InChI is InChI=1S/C23H23N5OS/c29-23(24-14-19-7-4-12-30-19)18-6-3-10-27(15-18)21-13-22(26-16-25-21)28-11-9-17-5-1-2-8-20(17)28/h1-2,4-5,7-9,11-13,16,18H,3,6,10,14-15H2,(H,24,29)/t18-/m1/s1. The van der Waals surface area contributed by atoms with Gasteiger partial charge < -0.3 is 14.8 Å². The van der Waals surface area contributed by atoms with E-state index >= 15 is 0 Å². The molecule has 1 atom stereocenters. The van der Waals surface area contributed by atoms with Crippen LogP contribution in [0.5, 0.6) is 0 Å². The van der Waals surface area contributed by atoms with Crippen molar-refractivity contribution in [3.63, 3.8) is 0 Å². The lowest BCUT2D eigenvalue weighted by atomic mass is 9.97. The summed E-state index contributed by atoms with van der Waals surface area (Å²) in [5.74, 6) is 1.81. The molecule has 1 N–H and O–H groups in total. The quantitative estimate of drug-likeness (QED) is 0.533. The summed E-state index contributed by atoms with van der Waals surface area (Å²) in [7, 11) is 0. The first-order valence-corrected chi connectivity index (χ1v) is 11.1. The maximum Gasteiger partial charge on any atom is 0.225 e. The van der Waals surface area contributed by atoms with Crippen LogP contribution in [0, 0.1) is 5.92 Å². The molecule has 0 saturated carbocycles. The molecule has 4 heterocycles. The number of carbonyl (C=O) groups is 1. The van der Waals surface area contributed by atoms with Gasteiger partial charge in [-0.1, -0.05) is 24.3 Å². The average molecular weight is 418 g/mol. The number of benzene rings is 1. The molecule has 6 nitrogen and oxygen atoms in total. The van der Waals surface area contributed by atoms with E-state index in [0.717, 1.165) is 36.5 Å². The number of thiophene rings is 1. The number of rotatable bonds is 5. The number of anilines is 1. The third kappa shape index (κ3) is 3.80. The number of para-hydroxylation sites is 1. The number of nitrogens with one attached hydrogen (secondary N) is 1. The molecule has 4 aromatic rings. The molecule has 5 rings (SSSR count). The topological polar surface area (TPSA) is 63.1 Å². The molecule has 0 bridgehead atoms. The van der Waals surface area contributed by atoms with Crippen molar-refractivity contribution < 1.29 is 4.79 Å². The van der Waals surface area contributed by atoms with Crippen LogP contribution in [0.1, 0.15) is 17.7 Å². The Labute approximate surface area is 179 Å². The van der Waals surface area contributed by atoms with Crippen molar-refractivity contribution in [2.24, 2.45) is 5.92 Å². The van der Waals surface area contributed by atoms with Gasteiger partial charge >= 0.3 is 0 Å². The number of piperidine rings is 1.